The first-order chi connectivity index (χ1) is 25.3. The van der Waals surface area contributed by atoms with Crippen LogP contribution in [0.1, 0.15) is 50.6 Å². The highest BCUT2D eigenvalue weighted by molar-refractivity contribution is 7.92. The molecule has 13 nitrogen and oxygen atoms in total. The summed E-state index contributed by atoms with van der Waals surface area (Å²) in [6, 6.07) is 21.3. The molecular formula is C38H41N5O8S2. The zero-order valence-corrected chi connectivity index (χ0v) is 31.8. The number of sulfone groups is 1. The Morgan fingerprint density at radius 3 is 2.21 bits per heavy atom. The van der Waals surface area contributed by atoms with Crippen molar-refractivity contribution in [2.75, 3.05) is 37.2 Å². The summed E-state index contributed by atoms with van der Waals surface area (Å²) in [6.07, 6.45) is 3.23. The van der Waals surface area contributed by atoms with E-state index in [1.165, 1.54) is 7.11 Å². The highest BCUT2D eigenvalue weighted by Gasteiger charge is 2.37. The molecule has 3 N–H and O–H groups in total. The fourth-order valence-electron chi connectivity index (χ4n) is 5.71. The van der Waals surface area contributed by atoms with E-state index in [2.05, 4.69) is 46.7 Å². The minimum atomic E-state index is -3.41. The summed E-state index contributed by atoms with van der Waals surface area (Å²) in [6.45, 7) is 6.32. The van der Waals surface area contributed by atoms with Crippen LogP contribution in [0.2, 0.25) is 0 Å². The molecule has 15 heteroatoms. The van der Waals surface area contributed by atoms with Crippen molar-refractivity contribution >= 4 is 55.3 Å². The predicted octanol–water partition coefficient (Wildman–Crippen LogP) is 7.28. The van der Waals surface area contributed by atoms with Gasteiger partial charge in [0.25, 0.3) is 0 Å². The molecule has 1 saturated carbocycles. The van der Waals surface area contributed by atoms with Crippen LogP contribution in [-0.4, -0.2) is 59.4 Å². The molecule has 2 amide bonds. The third kappa shape index (κ3) is 9.28. The number of urea groups is 1. The molecule has 0 radical (unpaired) electrons. The first-order valence-corrected chi connectivity index (χ1v) is 18.9. The molecule has 0 aliphatic heterocycles. The van der Waals surface area contributed by atoms with Crippen molar-refractivity contribution in [2.24, 2.45) is 0 Å². The number of benzene rings is 4. The van der Waals surface area contributed by atoms with Crippen LogP contribution in [0.3, 0.4) is 0 Å². The monoisotopic (exact) mass is 759 g/mol. The topological polar surface area (TPSA) is 175 Å². The number of ether oxygens (including phenoxy) is 3. The molecule has 1 aromatic heterocycles. The highest BCUT2D eigenvalue weighted by Crippen LogP contribution is 2.39. The lowest BCUT2D eigenvalue weighted by Crippen LogP contribution is -2.21. The standard InChI is InChI=1S/C38H41N5O6S.O2S/c1-38(2,3)24-20-31(39-4)36(48-6)32(21-24)42-37(44)41-30-13-14-33(29-10-8-7-9-28(29)30)49-35-15-16-40-34(43-35)19-23-17-25(47-5)22-27(18-23)50(45,46)26-11-12-26;1-3-2/h7-10,13-18,20-22,26,39H,11-12,19H2,1-6H3,(H2,41,42,44);. The molecule has 278 valence electrons. The first-order valence-electron chi connectivity index (χ1n) is 16.6. The highest BCUT2D eigenvalue weighted by atomic mass is 32.2. The fraction of sp³-hybridized carbons (Fsp3) is 0.289. The smallest absolute Gasteiger partial charge is 0.335 e. The van der Waals surface area contributed by atoms with Gasteiger partial charge in [0.2, 0.25) is 5.88 Å². The van der Waals surface area contributed by atoms with Crippen LogP contribution in [-0.2, 0) is 33.2 Å². The van der Waals surface area contributed by atoms with Crippen molar-refractivity contribution in [3.05, 3.63) is 95.9 Å². The summed E-state index contributed by atoms with van der Waals surface area (Å²) in [4.78, 5) is 22.7. The molecule has 0 unspecified atom stereocenters. The number of aromatic nitrogens is 2. The van der Waals surface area contributed by atoms with Crippen molar-refractivity contribution in [1.82, 2.24) is 9.97 Å². The number of fused-ring (bicyclic) bond motifs is 1. The number of carbonyl (C=O) groups is 1. The van der Waals surface area contributed by atoms with Crippen molar-refractivity contribution in [2.45, 2.75) is 55.6 Å². The van der Waals surface area contributed by atoms with Crippen LogP contribution in [0.15, 0.2) is 83.9 Å². The minimum Gasteiger partial charge on any atom is -0.497 e. The van der Waals surface area contributed by atoms with Gasteiger partial charge in [-0.15, -0.1) is 0 Å². The Hall–Kier alpha value is -5.54. The Kier molecular flexibility index (Phi) is 12.0. The second-order valence-electron chi connectivity index (χ2n) is 13.3. The average molecular weight is 760 g/mol. The summed E-state index contributed by atoms with van der Waals surface area (Å²) in [7, 11) is 1.49. The van der Waals surface area contributed by atoms with E-state index in [4.69, 9.17) is 22.6 Å². The molecule has 53 heavy (non-hydrogen) atoms. The molecule has 1 aliphatic carbocycles. The lowest BCUT2D eigenvalue weighted by Gasteiger charge is -2.23. The molecule has 1 fully saturated rings. The zero-order valence-electron chi connectivity index (χ0n) is 30.2. The Morgan fingerprint density at radius 1 is 0.887 bits per heavy atom. The Balaban J connectivity index is 0.00000175. The predicted molar refractivity (Wildman–Crippen MR) is 205 cm³/mol. The van der Waals surface area contributed by atoms with Gasteiger partial charge in [-0.2, -0.15) is 13.4 Å². The van der Waals surface area contributed by atoms with Gasteiger partial charge >= 0.3 is 17.6 Å². The van der Waals surface area contributed by atoms with Gasteiger partial charge in [0.15, 0.2) is 15.6 Å². The van der Waals surface area contributed by atoms with Gasteiger partial charge in [-0.25, -0.2) is 18.2 Å². The van der Waals surface area contributed by atoms with Gasteiger partial charge in [-0.05, 0) is 71.8 Å². The van der Waals surface area contributed by atoms with E-state index in [0.29, 0.717) is 58.7 Å². The van der Waals surface area contributed by atoms with Gasteiger partial charge in [-0.3, -0.25) is 0 Å². The summed E-state index contributed by atoms with van der Waals surface area (Å²) >= 11 is -0.750. The van der Waals surface area contributed by atoms with E-state index < -0.39 is 27.4 Å². The molecule has 5 aromatic rings. The first kappa shape index (κ1) is 38.7. The summed E-state index contributed by atoms with van der Waals surface area (Å²) < 4.78 is 59.8. The van der Waals surface area contributed by atoms with Crippen molar-refractivity contribution in [3.8, 4) is 23.1 Å². The number of hydrogen-bond acceptors (Lipinski definition) is 11. The number of carbonyl (C=O) groups excluding carboxylic acids is 1. The van der Waals surface area contributed by atoms with E-state index >= 15 is 0 Å². The Morgan fingerprint density at radius 2 is 1.57 bits per heavy atom. The summed E-state index contributed by atoms with van der Waals surface area (Å²) in [5.41, 5.74) is 3.49. The van der Waals surface area contributed by atoms with Crippen LogP contribution in [0.4, 0.5) is 21.9 Å². The van der Waals surface area contributed by atoms with Crippen LogP contribution in [0.25, 0.3) is 10.8 Å². The van der Waals surface area contributed by atoms with Gasteiger partial charge in [-0.1, -0.05) is 45.0 Å². The molecule has 4 aromatic carbocycles. The third-order valence-corrected chi connectivity index (χ3v) is 10.8. The molecule has 1 heterocycles. The van der Waals surface area contributed by atoms with E-state index in [0.717, 1.165) is 22.0 Å². The fourth-order valence-corrected chi connectivity index (χ4v) is 7.45. The quantitative estimate of drug-likeness (QED) is 0.123. The normalized spacial score (nSPS) is 12.6. The van der Waals surface area contributed by atoms with E-state index in [1.54, 1.807) is 49.7 Å². The van der Waals surface area contributed by atoms with Crippen molar-refractivity contribution in [3.63, 3.8) is 0 Å². The van der Waals surface area contributed by atoms with Crippen LogP contribution >= 0.6 is 0 Å². The minimum absolute atomic E-state index is 0.154. The lowest BCUT2D eigenvalue weighted by atomic mass is 9.86. The maximum Gasteiger partial charge on any atom is 0.335 e. The van der Waals surface area contributed by atoms with Crippen LogP contribution < -0.4 is 30.2 Å². The molecule has 0 saturated heterocycles. The van der Waals surface area contributed by atoms with E-state index in [9.17, 15) is 13.2 Å². The molecular weight excluding hydrogens is 719 g/mol. The summed E-state index contributed by atoms with van der Waals surface area (Å²) in [5.74, 6) is 2.30. The number of methoxy groups -OCH3 is 2. The second kappa shape index (κ2) is 16.4. The number of anilines is 3. The largest absolute Gasteiger partial charge is 0.497 e. The Bertz CT molecular complexity index is 2280. The van der Waals surface area contributed by atoms with Gasteiger partial charge in [0.1, 0.15) is 17.3 Å². The number of rotatable bonds is 11. The van der Waals surface area contributed by atoms with Crippen molar-refractivity contribution in [1.29, 1.82) is 0 Å². The number of hydrogen-bond donors (Lipinski definition) is 3. The van der Waals surface area contributed by atoms with Gasteiger partial charge < -0.3 is 30.2 Å². The Labute approximate surface area is 312 Å². The summed E-state index contributed by atoms with van der Waals surface area (Å²) in [5, 5.41) is 10.3. The third-order valence-electron chi connectivity index (χ3n) is 8.53. The molecule has 6 rings (SSSR count). The van der Waals surface area contributed by atoms with E-state index in [-0.39, 0.29) is 22.0 Å². The van der Waals surface area contributed by atoms with Crippen LogP contribution in [0.5, 0.6) is 23.1 Å². The molecule has 0 atom stereocenters. The number of nitrogens with zero attached hydrogens (tertiary/aromatic N) is 2. The maximum atomic E-state index is 13.4. The SMILES string of the molecule is CNc1cc(C(C)(C)C)cc(NC(=O)Nc2ccc(Oc3ccnc(Cc4cc(OC)cc(S(=O)(=O)C5CC5)c4)n3)c3ccccc23)c1OC.O=S=O. The maximum absolute atomic E-state index is 13.4. The molecule has 0 spiro atoms. The van der Waals surface area contributed by atoms with Gasteiger partial charge in [0, 0.05) is 36.5 Å². The number of amides is 2. The zero-order chi connectivity index (χ0) is 38.3. The second-order valence-corrected chi connectivity index (χ2v) is 15.6. The lowest BCUT2D eigenvalue weighted by molar-refractivity contribution is 0.262. The molecule has 0 bridgehead atoms. The molecule has 1 aliphatic rings. The van der Waals surface area contributed by atoms with Gasteiger partial charge in [0.05, 0.1) is 41.4 Å². The van der Waals surface area contributed by atoms with Crippen molar-refractivity contribution < 1.29 is 35.8 Å². The van der Waals surface area contributed by atoms with E-state index in [1.807, 2.05) is 43.4 Å². The van der Waals surface area contributed by atoms with Crippen LogP contribution in [0, 0.1) is 0 Å². The number of nitrogens with one attached hydrogen (secondary N) is 3. The average Bonchev–Trinajstić information content (AvgIpc) is 3.99.